The van der Waals surface area contributed by atoms with Crippen LogP contribution in [0.1, 0.15) is 64.7 Å². The molecule has 0 spiro atoms. The first-order chi connectivity index (χ1) is 12.3. The van der Waals surface area contributed by atoms with Crippen LogP contribution in [0.4, 0.5) is 0 Å². The van der Waals surface area contributed by atoms with E-state index in [0.29, 0.717) is 17.0 Å². The topological polar surface area (TPSA) is 103 Å². The highest BCUT2D eigenvalue weighted by Crippen LogP contribution is 2.26. The standard InChI is InChI=1S/C18H19N3O5/c1-9(2)15-19-14(26-20-15)8-25-18(24)11(4)21-16(22)12-6-5-10(3)7-13(12)17(21)23/h5-7,9,11H,8H2,1-4H3. The summed E-state index contributed by atoms with van der Waals surface area (Å²) in [6.45, 7) is 6.88. The summed E-state index contributed by atoms with van der Waals surface area (Å²) in [6, 6.07) is 3.92. The second-order valence-corrected chi connectivity index (χ2v) is 6.51. The maximum absolute atomic E-state index is 12.5. The van der Waals surface area contributed by atoms with Gasteiger partial charge in [-0.1, -0.05) is 30.6 Å². The molecule has 2 amide bonds. The van der Waals surface area contributed by atoms with Gasteiger partial charge in [-0.3, -0.25) is 14.5 Å². The number of carbonyl (C=O) groups excluding carboxylic acids is 3. The first-order valence-electron chi connectivity index (χ1n) is 8.27. The highest BCUT2D eigenvalue weighted by molar-refractivity contribution is 6.22. The van der Waals surface area contributed by atoms with Gasteiger partial charge >= 0.3 is 5.97 Å². The largest absolute Gasteiger partial charge is 0.454 e. The first kappa shape index (κ1) is 17.8. The van der Waals surface area contributed by atoms with E-state index < -0.39 is 23.8 Å². The lowest BCUT2D eigenvalue weighted by Gasteiger charge is -2.20. The molecule has 0 N–H and O–H groups in total. The third-order valence-electron chi connectivity index (χ3n) is 4.14. The molecule has 1 unspecified atom stereocenters. The van der Waals surface area contributed by atoms with Crippen molar-refractivity contribution in [2.45, 2.75) is 46.3 Å². The number of amides is 2. The van der Waals surface area contributed by atoms with Crippen molar-refractivity contribution in [2.24, 2.45) is 0 Å². The monoisotopic (exact) mass is 357 g/mol. The van der Waals surface area contributed by atoms with Gasteiger partial charge in [-0.05, 0) is 26.0 Å². The van der Waals surface area contributed by atoms with Gasteiger partial charge in [-0.15, -0.1) is 0 Å². The van der Waals surface area contributed by atoms with E-state index in [-0.39, 0.29) is 18.4 Å². The van der Waals surface area contributed by atoms with Crippen molar-refractivity contribution in [2.75, 3.05) is 0 Å². The van der Waals surface area contributed by atoms with Crippen LogP contribution in [0.25, 0.3) is 0 Å². The van der Waals surface area contributed by atoms with E-state index in [1.54, 1.807) is 18.2 Å². The number of hydrogen-bond acceptors (Lipinski definition) is 7. The molecule has 0 fully saturated rings. The van der Waals surface area contributed by atoms with Crippen LogP contribution < -0.4 is 0 Å². The number of benzene rings is 1. The number of hydrogen-bond donors (Lipinski definition) is 0. The summed E-state index contributed by atoms with van der Waals surface area (Å²) in [7, 11) is 0. The predicted octanol–water partition coefficient (Wildman–Crippen LogP) is 2.23. The van der Waals surface area contributed by atoms with Gasteiger partial charge in [0.25, 0.3) is 17.7 Å². The zero-order valence-corrected chi connectivity index (χ0v) is 15.0. The molecule has 1 atom stereocenters. The van der Waals surface area contributed by atoms with Gasteiger partial charge in [-0.25, -0.2) is 4.79 Å². The molecule has 0 bridgehead atoms. The molecule has 8 nitrogen and oxygen atoms in total. The van der Waals surface area contributed by atoms with Gasteiger partial charge in [0.15, 0.2) is 12.4 Å². The number of aromatic nitrogens is 2. The molecule has 136 valence electrons. The Morgan fingerprint density at radius 2 is 1.88 bits per heavy atom. The van der Waals surface area contributed by atoms with Crippen LogP contribution >= 0.6 is 0 Å². The van der Waals surface area contributed by atoms with Gasteiger partial charge in [0.05, 0.1) is 11.1 Å². The number of ether oxygens (including phenoxy) is 1. The van der Waals surface area contributed by atoms with Crippen molar-refractivity contribution in [3.05, 3.63) is 46.6 Å². The Morgan fingerprint density at radius 3 is 2.54 bits per heavy atom. The number of carbonyl (C=O) groups is 3. The molecule has 1 aliphatic rings. The Kier molecular flexibility index (Phi) is 4.58. The lowest BCUT2D eigenvalue weighted by Crippen LogP contribution is -2.43. The number of rotatable bonds is 5. The average molecular weight is 357 g/mol. The molecule has 0 aliphatic carbocycles. The number of fused-ring (bicyclic) bond motifs is 1. The Morgan fingerprint density at radius 1 is 1.19 bits per heavy atom. The van der Waals surface area contributed by atoms with Crippen LogP contribution in [-0.2, 0) is 16.1 Å². The minimum absolute atomic E-state index is 0.0870. The Hall–Kier alpha value is -3.03. The van der Waals surface area contributed by atoms with Crippen molar-refractivity contribution >= 4 is 17.8 Å². The quantitative estimate of drug-likeness (QED) is 0.597. The van der Waals surface area contributed by atoms with E-state index >= 15 is 0 Å². The number of esters is 1. The molecular formula is C18H19N3O5. The Bertz CT molecular complexity index is 887. The molecule has 1 aromatic heterocycles. The van der Waals surface area contributed by atoms with E-state index in [9.17, 15) is 14.4 Å². The summed E-state index contributed by atoms with van der Waals surface area (Å²) in [5.41, 5.74) is 1.45. The van der Waals surface area contributed by atoms with Crippen LogP contribution in [0, 0.1) is 6.92 Å². The van der Waals surface area contributed by atoms with Gasteiger partial charge in [-0.2, -0.15) is 4.98 Å². The summed E-state index contributed by atoms with van der Waals surface area (Å²) in [6.07, 6.45) is 0. The predicted molar refractivity (Wildman–Crippen MR) is 89.3 cm³/mol. The van der Waals surface area contributed by atoms with Crippen LogP contribution in [0.3, 0.4) is 0 Å². The van der Waals surface area contributed by atoms with Crippen molar-refractivity contribution in [1.29, 1.82) is 0 Å². The molecule has 0 radical (unpaired) electrons. The van der Waals surface area contributed by atoms with Crippen molar-refractivity contribution < 1.29 is 23.6 Å². The van der Waals surface area contributed by atoms with E-state index in [1.165, 1.54) is 6.92 Å². The summed E-state index contributed by atoms with van der Waals surface area (Å²) in [5.74, 6) is -0.969. The van der Waals surface area contributed by atoms with Crippen LogP contribution in [0.5, 0.6) is 0 Å². The van der Waals surface area contributed by atoms with E-state index in [4.69, 9.17) is 9.26 Å². The molecule has 26 heavy (non-hydrogen) atoms. The smallest absolute Gasteiger partial charge is 0.329 e. The van der Waals surface area contributed by atoms with Crippen LogP contribution in [0.15, 0.2) is 22.7 Å². The normalized spacial score (nSPS) is 14.7. The summed E-state index contributed by atoms with van der Waals surface area (Å²) in [5, 5.41) is 3.78. The maximum atomic E-state index is 12.5. The zero-order valence-electron chi connectivity index (χ0n) is 15.0. The first-order valence-corrected chi connectivity index (χ1v) is 8.27. The minimum Gasteiger partial charge on any atom is -0.454 e. The molecular weight excluding hydrogens is 338 g/mol. The fourth-order valence-corrected chi connectivity index (χ4v) is 2.65. The summed E-state index contributed by atoms with van der Waals surface area (Å²) in [4.78, 5) is 42.3. The molecule has 8 heteroatoms. The maximum Gasteiger partial charge on any atom is 0.329 e. The summed E-state index contributed by atoms with van der Waals surface area (Å²) < 4.78 is 10.1. The van der Waals surface area contributed by atoms with Crippen LogP contribution in [0.2, 0.25) is 0 Å². The Balaban J connectivity index is 1.69. The molecule has 1 aliphatic heterocycles. The third kappa shape index (κ3) is 3.10. The lowest BCUT2D eigenvalue weighted by molar-refractivity contribution is -0.149. The second-order valence-electron chi connectivity index (χ2n) is 6.51. The van der Waals surface area contributed by atoms with Gasteiger partial charge in [0.1, 0.15) is 6.04 Å². The van der Waals surface area contributed by atoms with Crippen molar-refractivity contribution in [3.8, 4) is 0 Å². The second kappa shape index (κ2) is 6.70. The number of aryl methyl sites for hydroxylation is 1. The number of imide groups is 1. The van der Waals surface area contributed by atoms with E-state index in [0.717, 1.165) is 10.5 Å². The lowest BCUT2D eigenvalue weighted by atomic mass is 10.1. The SMILES string of the molecule is Cc1ccc2c(c1)C(=O)N(C(C)C(=O)OCc1nc(C(C)C)no1)C2=O. The molecule has 2 aromatic rings. The fourth-order valence-electron chi connectivity index (χ4n) is 2.65. The average Bonchev–Trinajstić information content (AvgIpc) is 3.16. The molecule has 0 saturated heterocycles. The molecule has 0 saturated carbocycles. The molecule has 2 heterocycles. The van der Waals surface area contributed by atoms with Gasteiger partial charge in [0.2, 0.25) is 0 Å². The van der Waals surface area contributed by atoms with Crippen LogP contribution in [-0.4, -0.2) is 38.9 Å². The minimum atomic E-state index is -1.06. The van der Waals surface area contributed by atoms with E-state index in [1.807, 2.05) is 20.8 Å². The van der Waals surface area contributed by atoms with Gasteiger partial charge < -0.3 is 9.26 Å². The van der Waals surface area contributed by atoms with Crippen molar-refractivity contribution in [1.82, 2.24) is 15.0 Å². The van der Waals surface area contributed by atoms with Crippen molar-refractivity contribution in [3.63, 3.8) is 0 Å². The van der Waals surface area contributed by atoms with Gasteiger partial charge in [0, 0.05) is 5.92 Å². The highest BCUT2D eigenvalue weighted by atomic mass is 16.6. The Labute approximate surface area is 150 Å². The third-order valence-corrected chi connectivity index (χ3v) is 4.14. The summed E-state index contributed by atoms with van der Waals surface area (Å²) >= 11 is 0. The molecule has 1 aromatic carbocycles. The molecule has 3 rings (SSSR count). The highest BCUT2D eigenvalue weighted by Gasteiger charge is 2.41. The number of nitrogens with zero attached hydrogens (tertiary/aromatic N) is 3. The van der Waals surface area contributed by atoms with E-state index in [2.05, 4.69) is 10.1 Å². The fraction of sp³-hybridized carbons (Fsp3) is 0.389. The zero-order chi connectivity index (χ0) is 19.0.